The van der Waals surface area contributed by atoms with Crippen molar-refractivity contribution in [2.45, 2.75) is 13.1 Å². The molecule has 0 unspecified atom stereocenters. The number of hydrogen-bond donors (Lipinski definition) is 0. The highest BCUT2D eigenvalue weighted by atomic mass is 35.5. The van der Waals surface area contributed by atoms with E-state index in [9.17, 15) is 9.59 Å². The molecule has 0 aliphatic carbocycles. The molecule has 0 atom stereocenters. The SMILES string of the molecule is CN(Cc1ccccc1Cl)C(=O)Cn1ccccc1=O. The number of hydrogen-bond acceptors (Lipinski definition) is 2. The van der Waals surface area contributed by atoms with Gasteiger partial charge in [0.2, 0.25) is 5.91 Å². The Bertz CT molecular complexity index is 667. The van der Waals surface area contributed by atoms with Crippen LogP contribution in [-0.2, 0) is 17.9 Å². The number of likely N-dealkylation sites (N-methyl/N-ethyl adjacent to an activating group) is 1. The van der Waals surface area contributed by atoms with Crippen molar-refractivity contribution in [3.63, 3.8) is 0 Å². The van der Waals surface area contributed by atoms with Gasteiger partial charge in [0.15, 0.2) is 0 Å². The molecule has 0 aliphatic heterocycles. The Morgan fingerprint density at radius 1 is 1.20 bits per heavy atom. The topological polar surface area (TPSA) is 42.3 Å². The normalized spacial score (nSPS) is 10.3. The van der Waals surface area contributed by atoms with E-state index in [0.29, 0.717) is 11.6 Å². The minimum Gasteiger partial charge on any atom is -0.340 e. The third-order valence-electron chi connectivity index (χ3n) is 3.00. The fourth-order valence-corrected chi connectivity index (χ4v) is 2.02. The molecule has 1 amide bonds. The predicted molar refractivity (Wildman–Crippen MR) is 78.6 cm³/mol. The number of carbonyl (C=O) groups is 1. The second kappa shape index (κ2) is 6.39. The van der Waals surface area contributed by atoms with Gasteiger partial charge in [0.05, 0.1) is 0 Å². The summed E-state index contributed by atoms with van der Waals surface area (Å²) in [5.74, 6) is -0.141. The van der Waals surface area contributed by atoms with E-state index in [1.54, 1.807) is 36.3 Å². The van der Waals surface area contributed by atoms with Gasteiger partial charge in [-0.25, -0.2) is 0 Å². The van der Waals surface area contributed by atoms with Crippen molar-refractivity contribution in [3.05, 3.63) is 69.6 Å². The Labute approximate surface area is 122 Å². The molecule has 1 aromatic carbocycles. The maximum absolute atomic E-state index is 12.1. The zero-order valence-corrected chi connectivity index (χ0v) is 11.9. The fraction of sp³-hybridized carbons (Fsp3) is 0.200. The first-order chi connectivity index (χ1) is 9.58. The van der Waals surface area contributed by atoms with Gasteiger partial charge in [-0.3, -0.25) is 9.59 Å². The van der Waals surface area contributed by atoms with Crippen molar-refractivity contribution >= 4 is 17.5 Å². The van der Waals surface area contributed by atoms with E-state index < -0.39 is 0 Å². The highest BCUT2D eigenvalue weighted by molar-refractivity contribution is 6.31. The maximum atomic E-state index is 12.1. The number of benzene rings is 1. The van der Waals surface area contributed by atoms with Gasteiger partial charge >= 0.3 is 0 Å². The molecular formula is C15H15ClN2O2. The molecule has 0 spiro atoms. The first-order valence-corrected chi connectivity index (χ1v) is 6.58. The number of halogens is 1. The van der Waals surface area contributed by atoms with Gasteiger partial charge in [-0.05, 0) is 17.7 Å². The highest BCUT2D eigenvalue weighted by Gasteiger charge is 2.11. The Kier molecular flexibility index (Phi) is 4.58. The maximum Gasteiger partial charge on any atom is 0.250 e. The standard InChI is InChI=1S/C15H15ClN2O2/c1-17(10-12-6-2-3-7-13(12)16)15(20)11-18-9-5-4-8-14(18)19/h2-9H,10-11H2,1H3. The molecule has 1 heterocycles. The minimum atomic E-state index is -0.188. The molecule has 0 saturated carbocycles. The lowest BCUT2D eigenvalue weighted by Gasteiger charge is -2.18. The fourth-order valence-electron chi connectivity index (χ4n) is 1.83. The summed E-state index contributed by atoms with van der Waals surface area (Å²) in [4.78, 5) is 25.2. The summed E-state index contributed by atoms with van der Waals surface area (Å²) < 4.78 is 1.38. The molecule has 0 fully saturated rings. The van der Waals surface area contributed by atoms with Gasteiger partial charge in [0.1, 0.15) is 6.54 Å². The third kappa shape index (κ3) is 3.48. The molecule has 4 nitrogen and oxygen atoms in total. The van der Waals surface area contributed by atoms with E-state index in [-0.39, 0.29) is 18.0 Å². The van der Waals surface area contributed by atoms with Crippen molar-refractivity contribution < 1.29 is 4.79 Å². The van der Waals surface area contributed by atoms with Crippen LogP contribution >= 0.6 is 11.6 Å². The zero-order chi connectivity index (χ0) is 14.5. The zero-order valence-electron chi connectivity index (χ0n) is 11.1. The lowest BCUT2D eigenvalue weighted by molar-refractivity contribution is -0.131. The summed E-state index contributed by atoms with van der Waals surface area (Å²) in [5, 5.41) is 0.629. The van der Waals surface area contributed by atoms with Gasteiger partial charge in [-0.1, -0.05) is 35.9 Å². The van der Waals surface area contributed by atoms with Crippen LogP contribution in [0.25, 0.3) is 0 Å². The van der Waals surface area contributed by atoms with Crippen LogP contribution in [0, 0.1) is 0 Å². The van der Waals surface area contributed by atoms with Crippen molar-refractivity contribution in [1.29, 1.82) is 0 Å². The highest BCUT2D eigenvalue weighted by Crippen LogP contribution is 2.16. The van der Waals surface area contributed by atoms with Crippen molar-refractivity contribution in [2.75, 3.05) is 7.05 Å². The van der Waals surface area contributed by atoms with Crippen LogP contribution in [-0.4, -0.2) is 22.4 Å². The van der Waals surface area contributed by atoms with Crippen LogP contribution in [0.4, 0.5) is 0 Å². The molecule has 20 heavy (non-hydrogen) atoms. The van der Waals surface area contributed by atoms with Crippen LogP contribution in [0.2, 0.25) is 5.02 Å². The van der Waals surface area contributed by atoms with Crippen molar-refractivity contribution in [3.8, 4) is 0 Å². The van der Waals surface area contributed by atoms with Crippen LogP contribution in [0.15, 0.2) is 53.5 Å². The largest absolute Gasteiger partial charge is 0.340 e. The second-order valence-corrected chi connectivity index (χ2v) is 4.92. The van der Waals surface area contributed by atoms with E-state index >= 15 is 0 Å². The summed E-state index contributed by atoms with van der Waals surface area (Å²) in [6, 6.07) is 12.2. The van der Waals surface area contributed by atoms with E-state index in [1.807, 2.05) is 18.2 Å². The molecule has 2 rings (SSSR count). The summed E-state index contributed by atoms with van der Waals surface area (Å²) >= 11 is 6.07. The van der Waals surface area contributed by atoms with Gasteiger partial charge in [0, 0.05) is 30.9 Å². The number of carbonyl (C=O) groups excluding carboxylic acids is 1. The van der Waals surface area contributed by atoms with E-state index in [0.717, 1.165) is 5.56 Å². The predicted octanol–water partition coefficient (Wildman–Crippen LogP) is 2.16. The molecule has 2 aromatic rings. The number of aromatic nitrogens is 1. The molecule has 0 aliphatic rings. The average molecular weight is 291 g/mol. The Balaban J connectivity index is 2.05. The molecule has 0 N–H and O–H groups in total. The molecule has 104 valence electrons. The van der Waals surface area contributed by atoms with Crippen LogP contribution in [0.1, 0.15) is 5.56 Å². The Hall–Kier alpha value is -2.07. The number of rotatable bonds is 4. The van der Waals surface area contributed by atoms with Gasteiger partial charge in [-0.2, -0.15) is 0 Å². The first kappa shape index (κ1) is 14.3. The van der Waals surface area contributed by atoms with E-state index in [2.05, 4.69) is 0 Å². The Morgan fingerprint density at radius 3 is 2.60 bits per heavy atom. The summed E-state index contributed by atoms with van der Waals surface area (Å²) in [6.45, 7) is 0.445. The molecule has 0 radical (unpaired) electrons. The Morgan fingerprint density at radius 2 is 1.90 bits per heavy atom. The summed E-state index contributed by atoms with van der Waals surface area (Å²) in [5.41, 5.74) is 0.692. The number of nitrogens with zero attached hydrogens (tertiary/aromatic N) is 2. The van der Waals surface area contributed by atoms with Crippen molar-refractivity contribution in [1.82, 2.24) is 9.47 Å². The molecule has 0 saturated heterocycles. The quantitative estimate of drug-likeness (QED) is 0.866. The molecule has 1 aromatic heterocycles. The van der Waals surface area contributed by atoms with Crippen molar-refractivity contribution in [2.24, 2.45) is 0 Å². The lowest BCUT2D eigenvalue weighted by atomic mass is 10.2. The molecule has 0 bridgehead atoms. The van der Waals surface area contributed by atoms with E-state index in [4.69, 9.17) is 11.6 Å². The third-order valence-corrected chi connectivity index (χ3v) is 3.36. The molecular weight excluding hydrogens is 276 g/mol. The van der Waals surface area contributed by atoms with Crippen LogP contribution in [0.3, 0.4) is 0 Å². The van der Waals surface area contributed by atoms with Gasteiger partial charge < -0.3 is 9.47 Å². The monoisotopic (exact) mass is 290 g/mol. The van der Waals surface area contributed by atoms with Crippen LogP contribution < -0.4 is 5.56 Å². The summed E-state index contributed by atoms with van der Waals surface area (Å²) in [6.07, 6.45) is 1.60. The van der Waals surface area contributed by atoms with Crippen LogP contribution in [0.5, 0.6) is 0 Å². The molecule has 5 heteroatoms. The first-order valence-electron chi connectivity index (χ1n) is 6.21. The summed E-state index contributed by atoms with van der Waals surface area (Å²) in [7, 11) is 1.69. The van der Waals surface area contributed by atoms with Gasteiger partial charge in [-0.15, -0.1) is 0 Å². The number of pyridine rings is 1. The van der Waals surface area contributed by atoms with Gasteiger partial charge in [0.25, 0.3) is 5.56 Å². The second-order valence-electron chi connectivity index (χ2n) is 4.51. The van der Waals surface area contributed by atoms with E-state index in [1.165, 1.54) is 10.6 Å². The lowest BCUT2D eigenvalue weighted by Crippen LogP contribution is -2.33. The average Bonchev–Trinajstić information content (AvgIpc) is 2.43. The number of amides is 1. The smallest absolute Gasteiger partial charge is 0.250 e. The minimum absolute atomic E-state index is 0.0284.